The summed E-state index contributed by atoms with van der Waals surface area (Å²) in [4.78, 5) is 8.14. The van der Waals surface area contributed by atoms with Crippen LogP contribution in [0.2, 0.25) is 0 Å². The minimum atomic E-state index is -0.384. The van der Waals surface area contributed by atoms with Crippen LogP contribution in [0, 0.1) is 0 Å². The van der Waals surface area contributed by atoms with Crippen molar-refractivity contribution < 1.29 is 8.91 Å². The molecule has 6 nitrogen and oxygen atoms in total. The molecule has 0 radical (unpaired) electrons. The number of benzene rings is 1. The minimum absolute atomic E-state index is 0.153. The van der Waals surface area contributed by atoms with E-state index in [4.69, 9.17) is 10.3 Å². The van der Waals surface area contributed by atoms with Gasteiger partial charge >= 0.3 is 0 Å². The van der Waals surface area contributed by atoms with Crippen LogP contribution < -0.4 is 11.1 Å². The van der Waals surface area contributed by atoms with Gasteiger partial charge in [0.2, 0.25) is 0 Å². The van der Waals surface area contributed by atoms with E-state index in [9.17, 15) is 4.39 Å². The predicted octanol–water partition coefficient (Wildman–Crippen LogP) is 2.83. The number of hydrogen-bond donors (Lipinski definition) is 2. The molecular weight excluding hydrogens is 309 g/mol. The van der Waals surface area contributed by atoms with Crippen LogP contribution >= 0.6 is 0 Å². The smallest absolute Gasteiger partial charge is 0.189 e. The van der Waals surface area contributed by atoms with Gasteiger partial charge in [-0.1, -0.05) is 29.4 Å². The second kappa shape index (κ2) is 7.18. The Labute approximate surface area is 138 Å². The number of hydrogen-bond acceptors (Lipinski definition) is 6. The zero-order valence-electron chi connectivity index (χ0n) is 13.2. The lowest BCUT2D eigenvalue weighted by Crippen LogP contribution is -2.27. The van der Waals surface area contributed by atoms with E-state index in [-0.39, 0.29) is 12.7 Å². The van der Waals surface area contributed by atoms with Crippen LogP contribution in [-0.4, -0.2) is 27.8 Å². The van der Waals surface area contributed by atoms with E-state index < -0.39 is 0 Å². The molecule has 0 amide bonds. The zero-order valence-corrected chi connectivity index (χ0v) is 13.2. The maximum absolute atomic E-state index is 12.4. The summed E-state index contributed by atoms with van der Waals surface area (Å²) in [5, 5.41) is 7.16. The molecule has 2 heterocycles. The van der Waals surface area contributed by atoms with Crippen LogP contribution in [0.5, 0.6) is 0 Å². The number of aromatic nitrogens is 3. The minimum Gasteiger partial charge on any atom is -0.382 e. The third kappa shape index (κ3) is 3.57. The van der Waals surface area contributed by atoms with Crippen molar-refractivity contribution in [3.8, 4) is 22.7 Å². The number of nitrogen functional groups attached to an aromatic ring is 1. The third-order valence-electron chi connectivity index (χ3n) is 3.61. The highest BCUT2D eigenvalue weighted by Crippen LogP contribution is 2.27. The third-order valence-corrected chi connectivity index (χ3v) is 3.61. The molecule has 3 N–H and O–H groups in total. The summed E-state index contributed by atoms with van der Waals surface area (Å²) in [6.07, 6.45) is 3.07. The fraction of sp³-hybridized carbons (Fsp3) is 0.235. The number of nitrogens with two attached hydrogens (primary N) is 1. The molecule has 1 aromatic carbocycles. The molecule has 0 aliphatic rings. The van der Waals surface area contributed by atoms with Crippen molar-refractivity contribution in [2.24, 2.45) is 0 Å². The van der Waals surface area contributed by atoms with Gasteiger partial charge in [0.05, 0.1) is 0 Å². The molecular formula is C17H18FN5O. The number of nitrogens with zero attached hydrogens (tertiary/aromatic N) is 3. The van der Waals surface area contributed by atoms with Crippen molar-refractivity contribution in [2.75, 3.05) is 12.4 Å². The maximum Gasteiger partial charge on any atom is 0.189 e. The van der Waals surface area contributed by atoms with Crippen LogP contribution in [0.15, 0.2) is 47.2 Å². The molecule has 3 aromatic rings. The van der Waals surface area contributed by atoms with Gasteiger partial charge in [-0.2, -0.15) is 0 Å². The molecule has 2 aromatic heterocycles. The van der Waals surface area contributed by atoms with Crippen molar-refractivity contribution in [2.45, 2.75) is 19.5 Å². The van der Waals surface area contributed by atoms with Crippen LogP contribution in [-0.2, 0) is 6.54 Å². The number of rotatable bonds is 6. The largest absolute Gasteiger partial charge is 0.382 e. The van der Waals surface area contributed by atoms with E-state index in [2.05, 4.69) is 20.4 Å². The van der Waals surface area contributed by atoms with Gasteiger partial charge in [0.1, 0.15) is 12.4 Å². The molecule has 3 rings (SSSR count). The summed E-state index contributed by atoms with van der Waals surface area (Å²) >= 11 is 0. The molecule has 0 saturated carbocycles. The van der Waals surface area contributed by atoms with E-state index in [0.717, 1.165) is 11.1 Å². The van der Waals surface area contributed by atoms with Crippen molar-refractivity contribution in [1.82, 2.24) is 20.4 Å². The Balaban J connectivity index is 1.75. The van der Waals surface area contributed by atoms with E-state index in [0.29, 0.717) is 29.5 Å². The fourth-order valence-electron chi connectivity index (χ4n) is 2.20. The van der Waals surface area contributed by atoms with Gasteiger partial charge in [-0.3, -0.25) is 0 Å². The lowest BCUT2D eigenvalue weighted by Gasteiger charge is -2.09. The Bertz CT molecular complexity index is 803. The predicted molar refractivity (Wildman–Crippen MR) is 89.7 cm³/mol. The van der Waals surface area contributed by atoms with E-state index >= 15 is 0 Å². The van der Waals surface area contributed by atoms with Crippen molar-refractivity contribution in [1.29, 1.82) is 0 Å². The normalized spacial score (nSPS) is 12.2. The van der Waals surface area contributed by atoms with Crippen LogP contribution in [0.25, 0.3) is 22.7 Å². The van der Waals surface area contributed by atoms with Crippen LogP contribution in [0.4, 0.5) is 10.2 Å². The molecule has 24 heavy (non-hydrogen) atoms. The lowest BCUT2D eigenvalue weighted by molar-refractivity contribution is 0.391. The average Bonchev–Trinajstić information content (AvgIpc) is 3.10. The first-order chi connectivity index (χ1) is 11.7. The van der Waals surface area contributed by atoms with Gasteiger partial charge in [-0.15, -0.1) is 0 Å². The summed E-state index contributed by atoms with van der Waals surface area (Å²) < 4.78 is 17.8. The Morgan fingerprint density at radius 2 is 1.96 bits per heavy atom. The summed E-state index contributed by atoms with van der Waals surface area (Å²) in [6, 6.07) is 9.45. The quantitative estimate of drug-likeness (QED) is 0.723. The Morgan fingerprint density at radius 1 is 1.21 bits per heavy atom. The molecule has 0 aliphatic heterocycles. The second-order valence-corrected chi connectivity index (χ2v) is 5.50. The highest BCUT2D eigenvalue weighted by molar-refractivity contribution is 5.70. The first kappa shape index (κ1) is 16.1. The van der Waals surface area contributed by atoms with E-state index in [1.165, 1.54) is 6.20 Å². The molecule has 0 aliphatic carbocycles. The molecule has 0 spiro atoms. The van der Waals surface area contributed by atoms with Crippen LogP contribution in [0.1, 0.15) is 12.5 Å². The molecule has 0 saturated heterocycles. The Kier molecular flexibility index (Phi) is 4.81. The van der Waals surface area contributed by atoms with Crippen LogP contribution in [0.3, 0.4) is 0 Å². The van der Waals surface area contributed by atoms with E-state index in [1.807, 2.05) is 31.2 Å². The highest BCUT2D eigenvalue weighted by Gasteiger charge is 2.13. The van der Waals surface area contributed by atoms with Gasteiger partial charge in [0.15, 0.2) is 17.3 Å². The Hall–Kier alpha value is -2.80. The first-order valence-electron chi connectivity index (χ1n) is 7.59. The molecule has 1 unspecified atom stereocenters. The monoisotopic (exact) mass is 327 g/mol. The Morgan fingerprint density at radius 3 is 2.67 bits per heavy atom. The number of anilines is 1. The van der Waals surface area contributed by atoms with Gasteiger partial charge in [0.25, 0.3) is 0 Å². The second-order valence-electron chi connectivity index (χ2n) is 5.50. The molecule has 1 atom stereocenters. The number of halogens is 1. The SMILES string of the molecule is CC(CF)NCc1ccc(-c2cc(-c3nccnc3N)on2)cc1. The summed E-state index contributed by atoms with van der Waals surface area (Å²) in [5.41, 5.74) is 8.93. The zero-order chi connectivity index (χ0) is 16.9. The van der Waals surface area contributed by atoms with Gasteiger partial charge < -0.3 is 15.6 Å². The fourth-order valence-corrected chi connectivity index (χ4v) is 2.20. The number of nitrogens with one attached hydrogen (secondary N) is 1. The molecule has 124 valence electrons. The first-order valence-corrected chi connectivity index (χ1v) is 7.59. The summed E-state index contributed by atoms with van der Waals surface area (Å²) in [6.45, 7) is 2.04. The average molecular weight is 327 g/mol. The highest BCUT2D eigenvalue weighted by atomic mass is 19.1. The van der Waals surface area contributed by atoms with Crippen molar-refractivity contribution in [3.05, 3.63) is 48.3 Å². The standard InChI is InChI=1S/C17H18FN5O/c1-11(9-18)22-10-12-2-4-13(5-3-12)14-8-15(24-23-14)16-17(19)21-7-6-20-16/h2-8,11,22H,9-10H2,1H3,(H2,19,21). The van der Waals surface area contributed by atoms with Gasteiger partial charge in [0, 0.05) is 36.6 Å². The van der Waals surface area contributed by atoms with Gasteiger partial charge in [-0.25, -0.2) is 14.4 Å². The lowest BCUT2D eigenvalue weighted by atomic mass is 10.1. The topological polar surface area (TPSA) is 89.9 Å². The summed E-state index contributed by atoms with van der Waals surface area (Å²) in [5.74, 6) is 0.765. The maximum atomic E-state index is 12.4. The molecule has 0 bridgehead atoms. The number of alkyl halides is 1. The van der Waals surface area contributed by atoms with E-state index in [1.54, 1.807) is 12.3 Å². The molecule has 0 fully saturated rings. The van der Waals surface area contributed by atoms with Crippen molar-refractivity contribution in [3.63, 3.8) is 0 Å². The summed E-state index contributed by atoms with van der Waals surface area (Å²) in [7, 11) is 0. The molecule has 7 heteroatoms. The van der Waals surface area contributed by atoms with Gasteiger partial charge in [-0.05, 0) is 12.5 Å². The van der Waals surface area contributed by atoms with Crippen molar-refractivity contribution >= 4 is 5.82 Å².